The molecule has 0 spiro atoms. The van der Waals surface area contributed by atoms with Gasteiger partial charge in [-0.15, -0.1) is 0 Å². The van der Waals surface area contributed by atoms with Crippen molar-refractivity contribution in [1.82, 2.24) is 15.5 Å². The third-order valence-electron chi connectivity index (χ3n) is 3.22. The molecule has 1 amide bonds. The Balaban J connectivity index is 2.06. The standard InChI is InChI=1S/C16H20N4O4/c1-10(17-13(21)9-16(2,3)4)15-18-14(19-24-15)11-5-7-12(8-6-11)20(22)23/h5-8,10H,9H2,1-4H3,(H,17,21)/t10-/m0/s1. The summed E-state index contributed by atoms with van der Waals surface area (Å²) in [5.74, 6) is 0.507. The molecule has 0 aliphatic rings. The number of rotatable bonds is 5. The van der Waals surface area contributed by atoms with Gasteiger partial charge in [0.25, 0.3) is 5.69 Å². The summed E-state index contributed by atoms with van der Waals surface area (Å²) in [6.45, 7) is 7.71. The van der Waals surface area contributed by atoms with Gasteiger partial charge >= 0.3 is 0 Å². The van der Waals surface area contributed by atoms with Crippen LogP contribution < -0.4 is 5.32 Å². The number of nitrogens with zero attached hydrogens (tertiary/aromatic N) is 3. The van der Waals surface area contributed by atoms with Gasteiger partial charge in [-0.2, -0.15) is 4.98 Å². The number of nitro groups is 1. The highest BCUT2D eigenvalue weighted by atomic mass is 16.6. The van der Waals surface area contributed by atoms with Crippen LogP contribution in [-0.2, 0) is 4.79 Å². The Morgan fingerprint density at radius 2 is 1.96 bits per heavy atom. The van der Waals surface area contributed by atoms with Crippen LogP contribution in [0.4, 0.5) is 5.69 Å². The van der Waals surface area contributed by atoms with Gasteiger partial charge in [0, 0.05) is 24.1 Å². The topological polar surface area (TPSA) is 111 Å². The van der Waals surface area contributed by atoms with Crippen LogP contribution in [0.3, 0.4) is 0 Å². The first-order valence-electron chi connectivity index (χ1n) is 7.53. The normalized spacial score (nSPS) is 12.7. The number of hydrogen-bond donors (Lipinski definition) is 1. The summed E-state index contributed by atoms with van der Waals surface area (Å²) < 4.78 is 5.18. The van der Waals surface area contributed by atoms with Gasteiger partial charge in [0.1, 0.15) is 6.04 Å². The van der Waals surface area contributed by atoms with E-state index in [4.69, 9.17) is 4.52 Å². The first kappa shape index (κ1) is 17.6. The number of nitrogens with one attached hydrogen (secondary N) is 1. The molecule has 0 bridgehead atoms. The average Bonchev–Trinajstić information content (AvgIpc) is 2.95. The van der Waals surface area contributed by atoms with Crippen molar-refractivity contribution in [2.75, 3.05) is 0 Å². The minimum absolute atomic E-state index is 0.00900. The first-order valence-corrected chi connectivity index (χ1v) is 7.53. The van der Waals surface area contributed by atoms with E-state index in [9.17, 15) is 14.9 Å². The molecule has 0 aliphatic heterocycles. The third-order valence-corrected chi connectivity index (χ3v) is 3.22. The van der Waals surface area contributed by atoms with Crippen molar-refractivity contribution in [3.63, 3.8) is 0 Å². The molecular weight excluding hydrogens is 312 g/mol. The molecule has 0 unspecified atom stereocenters. The quantitative estimate of drug-likeness (QED) is 0.664. The van der Waals surface area contributed by atoms with Crippen molar-refractivity contribution >= 4 is 11.6 Å². The van der Waals surface area contributed by atoms with E-state index in [-0.39, 0.29) is 22.9 Å². The summed E-state index contributed by atoms with van der Waals surface area (Å²) in [6.07, 6.45) is 0.390. The molecule has 0 aliphatic carbocycles. The second kappa shape index (κ2) is 6.77. The summed E-state index contributed by atoms with van der Waals surface area (Å²) in [6, 6.07) is 5.43. The summed E-state index contributed by atoms with van der Waals surface area (Å²) in [5.41, 5.74) is 0.483. The van der Waals surface area contributed by atoms with Gasteiger partial charge in [-0.3, -0.25) is 14.9 Å². The Kier molecular flexibility index (Phi) is 4.96. The van der Waals surface area contributed by atoms with Crippen molar-refractivity contribution < 1.29 is 14.2 Å². The molecule has 1 aromatic carbocycles. The molecule has 24 heavy (non-hydrogen) atoms. The smallest absolute Gasteiger partial charge is 0.269 e. The van der Waals surface area contributed by atoms with Gasteiger partial charge in [0.15, 0.2) is 0 Å². The van der Waals surface area contributed by atoms with Crippen LogP contribution >= 0.6 is 0 Å². The number of non-ortho nitro benzene ring substituents is 1. The number of nitro benzene ring substituents is 1. The average molecular weight is 332 g/mol. The van der Waals surface area contributed by atoms with Crippen LogP contribution in [0.1, 0.15) is 46.0 Å². The lowest BCUT2D eigenvalue weighted by molar-refractivity contribution is -0.384. The van der Waals surface area contributed by atoms with Gasteiger partial charge in [0.2, 0.25) is 17.6 Å². The van der Waals surface area contributed by atoms with Gasteiger partial charge < -0.3 is 9.84 Å². The van der Waals surface area contributed by atoms with Crippen LogP contribution in [0.2, 0.25) is 0 Å². The minimum Gasteiger partial charge on any atom is -0.345 e. The highest BCUT2D eigenvalue weighted by molar-refractivity contribution is 5.76. The molecule has 1 atom stereocenters. The molecule has 1 heterocycles. The van der Waals surface area contributed by atoms with Crippen LogP contribution in [0, 0.1) is 15.5 Å². The summed E-state index contributed by atoms with van der Waals surface area (Å²) in [5, 5.41) is 17.3. The Hall–Kier alpha value is -2.77. The van der Waals surface area contributed by atoms with E-state index in [1.807, 2.05) is 20.8 Å². The number of carbonyl (C=O) groups excluding carboxylic acids is 1. The van der Waals surface area contributed by atoms with E-state index in [1.54, 1.807) is 19.1 Å². The second-order valence-electron chi connectivity index (χ2n) is 6.79. The zero-order chi connectivity index (χ0) is 17.9. The molecular formula is C16H20N4O4. The molecule has 0 saturated heterocycles. The van der Waals surface area contributed by atoms with E-state index in [0.717, 1.165) is 0 Å². The summed E-state index contributed by atoms with van der Waals surface area (Å²) in [7, 11) is 0. The molecule has 1 aromatic heterocycles. The Morgan fingerprint density at radius 1 is 1.33 bits per heavy atom. The lowest BCUT2D eigenvalue weighted by Gasteiger charge is -2.18. The number of aromatic nitrogens is 2. The zero-order valence-electron chi connectivity index (χ0n) is 14.1. The Labute approximate surface area is 139 Å². The van der Waals surface area contributed by atoms with Crippen LogP contribution in [0.5, 0.6) is 0 Å². The van der Waals surface area contributed by atoms with Gasteiger partial charge in [0.05, 0.1) is 4.92 Å². The van der Waals surface area contributed by atoms with E-state index < -0.39 is 11.0 Å². The van der Waals surface area contributed by atoms with Crippen LogP contribution in [-0.4, -0.2) is 21.0 Å². The maximum Gasteiger partial charge on any atom is 0.269 e. The zero-order valence-corrected chi connectivity index (χ0v) is 14.1. The number of benzene rings is 1. The number of amides is 1. The fourth-order valence-corrected chi connectivity index (χ4v) is 2.10. The van der Waals surface area contributed by atoms with Crippen molar-refractivity contribution in [3.8, 4) is 11.4 Å². The molecule has 0 saturated carbocycles. The SMILES string of the molecule is C[C@H](NC(=O)CC(C)(C)C)c1nc(-c2ccc([N+](=O)[O-])cc2)no1. The first-order chi connectivity index (χ1) is 11.2. The van der Waals surface area contributed by atoms with Crippen molar-refractivity contribution in [2.24, 2.45) is 5.41 Å². The van der Waals surface area contributed by atoms with E-state index in [2.05, 4.69) is 15.5 Å². The molecule has 8 nitrogen and oxygen atoms in total. The molecule has 128 valence electrons. The fraction of sp³-hybridized carbons (Fsp3) is 0.438. The van der Waals surface area contributed by atoms with E-state index >= 15 is 0 Å². The predicted octanol–water partition coefficient (Wildman–Crippen LogP) is 3.26. The molecule has 8 heteroatoms. The molecule has 0 radical (unpaired) electrons. The Bertz CT molecular complexity index is 731. The third kappa shape index (κ3) is 4.61. The predicted molar refractivity (Wildman–Crippen MR) is 87.0 cm³/mol. The van der Waals surface area contributed by atoms with Crippen molar-refractivity contribution in [3.05, 3.63) is 40.3 Å². The largest absolute Gasteiger partial charge is 0.345 e. The van der Waals surface area contributed by atoms with Gasteiger partial charge in [-0.25, -0.2) is 0 Å². The van der Waals surface area contributed by atoms with E-state index in [0.29, 0.717) is 17.8 Å². The van der Waals surface area contributed by atoms with Gasteiger partial charge in [-0.05, 0) is 24.5 Å². The lowest BCUT2D eigenvalue weighted by atomic mass is 9.92. The van der Waals surface area contributed by atoms with Crippen molar-refractivity contribution in [2.45, 2.75) is 40.2 Å². The molecule has 0 fully saturated rings. The fourth-order valence-electron chi connectivity index (χ4n) is 2.10. The molecule has 2 aromatic rings. The number of hydrogen-bond acceptors (Lipinski definition) is 6. The van der Waals surface area contributed by atoms with Crippen LogP contribution in [0.25, 0.3) is 11.4 Å². The summed E-state index contributed by atoms with van der Waals surface area (Å²) >= 11 is 0. The van der Waals surface area contributed by atoms with Gasteiger partial charge in [-0.1, -0.05) is 25.9 Å². The minimum atomic E-state index is -0.474. The molecule has 1 N–H and O–H groups in total. The maximum atomic E-state index is 12.0. The highest BCUT2D eigenvalue weighted by Gasteiger charge is 2.21. The summed E-state index contributed by atoms with van der Waals surface area (Å²) in [4.78, 5) is 26.4. The lowest BCUT2D eigenvalue weighted by Crippen LogP contribution is -2.30. The second-order valence-corrected chi connectivity index (χ2v) is 6.79. The molecule has 2 rings (SSSR count). The van der Waals surface area contributed by atoms with Crippen molar-refractivity contribution in [1.29, 1.82) is 0 Å². The maximum absolute atomic E-state index is 12.0. The Morgan fingerprint density at radius 3 is 2.50 bits per heavy atom. The monoisotopic (exact) mass is 332 g/mol. The highest BCUT2D eigenvalue weighted by Crippen LogP contribution is 2.22. The number of carbonyl (C=O) groups is 1. The van der Waals surface area contributed by atoms with Crippen LogP contribution in [0.15, 0.2) is 28.8 Å². The van der Waals surface area contributed by atoms with E-state index in [1.165, 1.54) is 12.1 Å².